The molecule has 1 aromatic heterocycles. The van der Waals surface area contributed by atoms with Crippen LogP contribution in [0, 0.1) is 0 Å². The highest BCUT2D eigenvalue weighted by Crippen LogP contribution is 2.18. The molecule has 1 aliphatic heterocycles. The Morgan fingerprint density at radius 2 is 1.93 bits per heavy atom. The van der Waals surface area contributed by atoms with Crippen molar-refractivity contribution in [2.45, 2.75) is 25.9 Å². The Kier molecular flexibility index (Phi) is 6.66. The maximum Gasteiger partial charge on any atom is 0.359 e. The van der Waals surface area contributed by atoms with Gasteiger partial charge < -0.3 is 9.64 Å². The monoisotopic (exact) mass is 433 g/mol. The zero-order valence-electron chi connectivity index (χ0n) is 16.6. The van der Waals surface area contributed by atoms with E-state index in [-0.39, 0.29) is 29.3 Å². The predicted octanol–water partition coefficient (Wildman–Crippen LogP) is 0.484. The van der Waals surface area contributed by atoms with Crippen molar-refractivity contribution >= 4 is 21.7 Å². The number of sulfone groups is 1. The van der Waals surface area contributed by atoms with Crippen LogP contribution in [-0.4, -0.2) is 65.7 Å². The van der Waals surface area contributed by atoms with E-state index >= 15 is 0 Å². The topological polar surface area (TPSA) is 116 Å². The third-order valence-electron chi connectivity index (χ3n) is 4.89. The molecular weight excluding hydrogens is 410 g/mol. The second-order valence-electron chi connectivity index (χ2n) is 7.01. The molecule has 2 heterocycles. The van der Waals surface area contributed by atoms with Gasteiger partial charge in [-0.1, -0.05) is 30.3 Å². The SMILES string of the molecule is CCN(C(=O)COC(=O)c1ccc(=O)n(Cc2ccccc2)n1)[C@H]1CCS(=O)(=O)C1. The van der Waals surface area contributed by atoms with Crippen molar-refractivity contribution in [3.05, 3.63) is 64.1 Å². The summed E-state index contributed by atoms with van der Waals surface area (Å²) in [6.07, 6.45) is 0.377. The van der Waals surface area contributed by atoms with E-state index in [0.29, 0.717) is 13.0 Å². The number of carbonyl (C=O) groups excluding carboxylic acids is 2. The number of carbonyl (C=O) groups is 2. The number of nitrogens with zero attached hydrogens (tertiary/aromatic N) is 3. The maximum absolute atomic E-state index is 12.4. The van der Waals surface area contributed by atoms with Crippen LogP contribution in [0.5, 0.6) is 0 Å². The van der Waals surface area contributed by atoms with Gasteiger partial charge in [-0.05, 0) is 25.0 Å². The van der Waals surface area contributed by atoms with Crippen LogP contribution in [0.2, 0.25) is 0 Å². The summed E-state index contributed by atoms with van der Waals surface area (Å²) in [5.74, 6) is -1.33. The Morgan fingerprint density at radius 1 is 1.20 bits per heavy atom. The number of aromatic nitrogens is 2. The molecule has 9 nitrogen and oxygen atoms in total. The van der Waals surface area contributed by atoms with Crippen LogP contribution in [0.1, 0.15) is 29.4 Å². The molecule has 10 heteroatoms. The highest BCUT2D eigenvalue weighted by molar-refractivity contribution is 7.91. The zero-order chi connectivity index (χ0) is 21.7. The normalized spacial score (nSPS) is 17.4. The molecule has 0 radical (unpaired) electrons. The average molecular weight is 433 g/mol. The molecule has 0 spiro atoms. The molecule has 0 aliphatic carbocycles. The molecule has 0 unspecified atom stereocenters. The first-order valence-electron chi connectivity index (χ1n) is 9.58. The molecule has 1 saturated heterocycles. The summed E-state index contributed by atoms with van der Waals surface area (Å²) in [7, 11) is -3.14. The molecule has 0 bridgehead atoms. The molecule has 1 amide bonds. The Labute approximate surface area is 174 Å². The predicted molar refractivity (Wildman–Crippen MR) is 109 cm³/mol. The van der Waals surface area contributed by atoms with Crippen LogP contribution < -0.4 is 5.56 Å². The second kappa shape index (κ2) is 9.21. The first kappa shape index (κ1) is 21.7. The van der Waals surface area contributed by atoms with Crippen LogP contribution in [-0.2, 0) is 25.9 Å². The van der Waals surface area contributed by atoms with Gasteiger partial charge in [-0.15, -0.1) is 0 Å². The molecule has 160 valence electrons. The summed E-state index contributed by atoms with van der Waals surface area (Å²) in [6, 6.07) is 11.2. The van der Waals surface area contributed by atoms with Gasteiger partial charge in [-0.25, -0.2) is 17.9 Å². The minimum Gasteiger partial charge on any atom is -0.451 e. The summed E-state index contributed by atoms with van der Waals surface area (Å²) in [4.78, 5) is 38.2. The largest absolute Gasteiger partial charge is 0.451 e. The Balaban J connectivity index is 1.63. The van der Waals surface area contributed by atoms with Gasteiger partial charge >= 0.3 is 5.97 Å². The van der Waals surface area contributed by atoms with Crippen molar-refractivity contribution < 1.29 is 22.7 Å². The summed E-state index contributed by atoms with van der Waals surface area (Å²) in [5, 5.41) is 4.03. The number of amides is 1. The molecule has 1 atom stereocenters. The standard InChI is InChI=1S/C20H23N3O6S/c1-2-22(16-10-11-30(27,28)14-16)19(25)13-29-20(26)17-8-9-18(24)23(21-17)12-15-6-4-3-5-7-15/h3-9,16H,2,10-14H2,1H3/t16-/m0/s1. The van der Waals surface area contributed by atoms with E-state index in [4.69, 9.17) is 4.74 Å². The fourth-order valence-electron chi connectivity index (χ4n) is 3.37. The Bertz CT molecular complexity index is 1080. The zero-order valence-corrected chi connectivity index (χ0v) is 17.4. The smallest absolute Gasteiger partial charge is 0.359 e. The molecule has 1 aromatic carbocycles. The van der Waals surface area contributed by atoms with E-state index in [1.54, 1.807) is 6.92 Å². The van der Waals surface area contributed by atoms with Crippen molar-refractivity contribution in [2.75, 3.05) is 24.7 Å². The fourth-order valence-corrected chi connectivity index (χ4v) is 5.10. The number of benzene rings is 1. The van der Waals surface area contributed by atoms with Crippen LogP contribution in [0.4, 0.5) is 0 Å². The number of hydrogen-bond acceptors (Lipinski definition) is 7. The van der Waals surface area contributed by atoms with E-state index in [1.807, 2.05) is 30.3 Å². The van der Waals surface area contributed by atoms with E-state index in [1.165, 1.54) is 17.0 Å². The maximum atomic E-state index is 12.4. The van der Waals surface area contributed by atoms with E-state index in [9.17, 15) is 22.8 Å². The molecule has 0 N–H and O–H groups in total. The second-order valence-corrected chi connectivity index (χ2v) is 9.24. The van der Waals surface area contributed by atoms with Crippen molar-refractivity contribution in [3.8, 4) is 0 Å². The Morgan fingerprint density at radius 3 is 2.57 bits per heavy atom. The van der Waals surface area contributed by atoms with Crippen LogP contribution in [0.15, 0.2) is 47.3 Å². The summed E-state index contributed by atoms with van der Waals surface area (Å²) < 4.78 is 29.6. The number of ether oxygens (including phenoxy) is 1. The highest BCUT2D eigenvalue weighted by atomic mass is 32.2. The first-order valence-corrected chi connectivity index (χ1v) is 11.4. The van der Waals surface area contributed by atoms with Gasteiger partial charge in [-0.3, -0.25) is 9.59 Å². The van der Waals surface area contributed by atoms with Crippen molar-refractivity contribution in [1.29, 1.82) is 0 Å². The molecular formula is C20H23N3O6S. The van der Waals surface area contributed by atoms with E-state index in [0.717, 1.165) is 10.2 Å². The lowest BCUT2D eigenvalue weighted by atomic mass is 10.2. The number of hydrogen-bond donors (Lipinski definition) is 0. The lowest BCUT2D eigenvalue weighted by molar-refractivity contribution is -0.136. The minimum atomic E-state index is -3.14. The molecule has 30 heavy (non-hydrogen) atoms. The van der Waals surface area contributed by atoms with Crippen molar-refractivity contribution in [3.63, 3.8) is 0 Å². The average Bonchev–Trinajstić information content (AvgIpc) is 3.08. The number of rotatable bonds is 7. The number of likely N-dealkylation sites (N-methyl/N-ethyl adjacent to an activating group) is 1. The summed E-state index contributed by atoms with van der Waals surface area (Å²) in [6.45, 7) is 1.73. The van der Waals surface area contributed by atoms with Gasteiger partial charge in [0.15, 0.2) is 22.1 Å². The summed E-state index contributed by atoms with van der Waals surface area (Å²) >= 11 is 0. The highest BCUT2D eigenvalue weighted by Gasteiger charge is 2.34. The first-order chi connectivity index (χ1) is 14.3. The quantitative estimate of drug-likeness (QED) is 0.583. The van der Waals surface area contributed by atoms with Crippen molar-refractivity contribution in [2.24, 2.45) is 0 Å². The van der Waals surface area contributed by atoms with Crippen LogP contribution in [0.25, 0.3) is 0 Å². The van der Waals surface area contributed by atoms with E-state index in [2.05, 4.69) is 5.10 Å². The van der Waals surface area contributed by atoms with Gasteiger partial charge in [-0.2, -0.15) is 5.10 Å². The van der Waals surface area contributed by atoms with Gasteiger partial charge in [0.25, 0.3) is 11.5 Å². The fraction of sp³-hybridized carbons (Fsp3) is 0.400. The van der Waals surface area contributed by atoms with Gasteiger partial charge in [0.05, 0.1) is 18.1 Å². The van der Waals surface area contributed by atoms with Gasteiger partial charge in [0.2, 0.25) is 0 Å². The molecule has 1 aliphatic rings. The minimum absolute atomic E-state index is 0.0497. The third kappa shape index (κ3) is 5.32. The molecule has 2 aromatic rings. The van der Waals surface area contributed by atoms with Crippen molar-refractivity contribution in [1.82, 2.24) is 14.7 Å². The Hall–Kier alpha value is -3.01. The van der Waals surface area contributed by atoms with Crippen LogP contribution >= 0.6 is 0 Å². The van der Waals surface area contributed by atoms with Gasteiger partial charge in [0, 0.05) is 18.7 Å². The van der Waals surface area contributed by atoms with Gasteiger partial charge in [0.1, 0.15) is 0 Å². The summed E-state index contributed by atoms with van der Waals surface area (Å²) in [5.41, 5.74) is 0.383. The molecule has 1 fully saturated rings. The molecule has 0 saturated carbocycles. The lowest BCUT2D eigenvalue weighted by Crippen LogP contribution is -2.43. The third-order valence-corrected chi connectivity index (χ3v) is 6.64. The molecule has 3 rings (SSSR count). The lowest BCUT2D eigenvalue weighted by Gasteiger charge is -2.26. The van der Waals surface area contributed by atoms with E-state index < -0.39 is 34.4 Å². The van der Waals surface area contributed by atoms with Crippen LogP contribution in [0.3, 0.4) is 0 Å². The number of esters is 1.